The van der Waals surface area contributed by atoms with E-state index in [0.29, 0.717) is 6.04 Å². The van der Waals surface area contributed by atoms with Crippen molar-refractivity contribution in [2.24, 2.45) is 11.7 Å². The highest BCUT2D eigenvalue weighted by atomic mass is 15.2. The van der Waals surface area contributed by atoms with Gasteiger partial charge in [-0.15, -0.1) is 0 Å². The molecule has 0 aromatic heterocycles. The number of nitrogens with zero attached hydrogens (tertiary/aromatic N) is 2. The van der Waals surface area contributed by atoms with Gasteiger partial charge in [0.05, 0.1) is 6.07 Å². The van der Waals surface area contributed by atoms with Crippen molar-refractivity contribution in [3.8, 4) is 6.07 Å². The lowest BCUT2D eigenvalue weighted by Crippen LogP contribution is -2.44. The standard InChI is InChI=1S/C12H21N3/c1-10-2-4-11(5-3-10)15-7-6-12(14,8-13)9-15/h10-11H,2-7,9,14H2,1H3. The van der Waals surface area contributed by atoms with Gasteiger partial charge in [0.15, 0.2) is 0 Å². The second-order valence-corrected chi connectivity index (χ2v) is 5.40. The molecule has 2 rings (SSSR count). The van der Waals surface area contributed by atoms with E-state index in [2.05, 4.69) is 17.9 Å². The highest BCUT2D eigenvalue weighted by Gasteiger charge is 2.38. The predicted octanol–water partition coefficient (Wildman–Crippen LogP) is 1.49. The fourth-order valence-corrected chi connectivity index (χ4v) is 2.87. The number of hydrogen-bond acceptors (Lipinski definition) is 3. The van der Waals surface area contributed by atoms with Gasteiger partial charge in [-0.2, -0.15) is 5.26 Å². The first-order valence-electron chi connectivity index (χ1n) is 6.07. The van der Waals surface area contributed by atoms with Crippen LogP contribution in [0.2, 0.25) is 0 Å². The van der Waals surface area contributed by atoms with Crippen LogP contribution >= 0.6 is 0 Å². The van der Waals surface area contributed by atoms with Crippen molar-refractivity contribution in [2.45, 2.75) is 50.6 Å². The number of nitriles is 1. The molecule has 1 saturated carbocycles. The molecule has 0 radical (unpaired) electrons. The minimum absolute atomic E-state index is 0.566. The molecule has 0 amide bonds. The molecule has 2 aliphatic rings. The van der Waals surface area contributed by atoms with Crippen molar-refractivity contribution in [3.63, 3.8) is 0 Å². The van der Waals surface area contributed by atoms with E-state index >= 15 is 0 Å². The summed E-state index contributed by atoms with van der Waals surface area (Å²) >= 11 is 0. The molecule has 3 heteroatoms. The summed E-state index contributed by atoms with van der Waals surface area (Å²) in [5.74, 6) is 0.891. The predicted molar refractivity (Wildman–Crippen MR) is 60.1 cm³/mol. The normalized spacial score (nSPS) is 42.7. The molecule has 2 fully saturated rings. The van der Waals surface area contributed by atoms with E-state index in [1.807, 2.05) is 0 Å². The molecule has 1 aliphatic carbocycles. The Morgan fingerprint density at radius 3 is 2.53 bits per heavy atom. The Hall–Kier alpha value is -0.590. The first-order valence-corrected chi connectivity index (χ1v) is 6.07. The Labute approximate surface area is 92.2 Å². The first kappa shape index (κ1) is 10.9. The smallest absolute Gasteiger partial charge is 0.118 e. The van der Waals surface area contributed by atoms with Crippen molar-refractivity contribution in [1.29, 1.82) is 5.26 Å². The second-order valence-electron chi connectivity index (χ2n) is 5.40. The average molecular weight is 207 g/mol. The molecule has 84 valence electrons. The van der Waals surface area contributed by atoms with Crippen molar-refractivity contribution < 1.29 is 0 Å². The van der Waals surface area contributed by atoms with Gasteiger partial charge >= 0.3 is 0 Å². The molecule has 1 heterocycles. The number of rotatable bonds is 1. The molecule has 0 bridgehead atoms. The van der Waals surface area contributed by atoms with Gasteiger partial charge in [0.25, 0.3) is 0 Å². The Morgan fingerprint density at radius 2 is 2.00 bits per heavy atom. The van der Waals surface area contributed by atoms with E-state index in [1.165, 1.54) is 25.7 Å². The molecular weight excluding hydrogens is 186 g/mol. The third-order valence-corrected chi connectivity index (χ3v) is 4.05. The molecule has 3 nitrogen and oxygen atoms in total. The fraction of sp³-hybridized carbons (Fsp3) is 0.917. The van der Waals surface area contributed by atoms with Gasteiger partial charge in [0, 0.05) is 19.1 Å². The highest BCUT2D eigenvalue weighted by Crippen LogP contribution is 2.30. The average Bonchev–Trinajstić information content (AvgIpc) is 2.63. The van der Waals surface area contributed by atoms with Crippen LogP contribution in [0.4, 0.5) is 0 Å². The maximum absolute atomic E-state index is 8.98. The van der Waals surface area contributed by atoms with Gasteiger partial charge in [0.1, 0.15) is 5.54 Å². The summed E-state index contributed by atoms with van der Waals surface area (Å²) in [5.41, 5.74) is 5.41. The van der Waals surface area contributed by atoms with Crippen molar-refractivity contribution in [1.82, 2.24) is 4.90 Å². The maximum atomic E-state index is 8.98. The monoisotopic (exact) mass is 207 g/mol. The van der Waals surface area contributed by atoms with Crippen LogP contribution in [0, 0.1) is 17.2 Å². The lowest BCUT2D eigenvalue weighted by molar-refractivity contribution is 0.165. The molecule has 0 aromatic rings. The van der Waals surface area contributed by atoms with Crippen LogP contribution in [0.1, 0.15) is 39.0 Å². The summed E-state index contributed by atoms with van der Waals surface area (Å²) in [6, 6.07) is 2.95. The zero-order chi connectivity index (χ0) is 10.9. The fourth-order valence-electron chi connectivity index (χ4n) is 2.87. The van der Waals surface area contributed by atoms with Crippen LogP contribution in [0.25, 0.3) is 0 Å². The topological polar surface area (TPSA) is 53.0 Å². The van der Waals surface area contributed by atoms with Gasteiger partial charge in [-0.3, -0.25) is 4.90 Å². The van der Waals surface area contributed by atoms with E-state index < -0.39 is 5.54 Å². The molecule has 0 spiro atoms. The van der Waals surface area contributed by atoms with Gasteiger partial charge in [-0.25, -0.2) is 0 Å². The molecule has 1 atom stereocenters. The maximum Gasteiger partial charge on any atom is 0.118 e. The largest absolute Gasteiger partial charge is 0.312 e. The Bertz CT molecular complexity index is 263. The number of hydrogen-bond donors (Lipinski definition) is 1. The lowest BCUT2D eigenvalue weighted by atomic mass is 9.86. The quantitative estimate of drug-likeness (QED) is 0.709. The molecular formula is C12H21N3. The Morgan fingerprint density at radius 1 is 1.33 bits per heavy atom. The summed E-state index contributed by atoms with van der Waals surface area (Å²) in [6.07, 6.45) is 6.11. The molecule has 0 aromatic carbocycles. The number of likely N-dealkylation sites (tertiary alicyclic amines) is 1. The van der Waals surface area contributed by atoms with Gasteiger partial charge in [0.2, 0.25) is 0 Å². The van der Waals surface area contributed by atoms with Gasteiger partial charge in [-0.1, -0.05) is 6.92 Å². The number of nitrogens with two attached hydrogens (primary N) is 1. The SMILES string of the molecule is CC1CCC(N2CCC(N)(C#N)C2)CC1. The van der Waals surface area contributed by atoms with E-state index in [0.717, 1.165) is 25.4 Å². The minimum atomic E-state index is -0.566. The van der Waals surface area contributed by atoms with Crippen LogP contribution in [-0.2, 0) is 0 Å². The summed E-state index contributed by atoms with van der Waals surface area (Å²) in [4.78, 5) is 2.44. The lowest BCUT2D eigenvalue weighted by Gasteiger charge is -2.33. The molecule has 1 aliphatic heterocycles. The van der Waals surface area contributed by atoms with E-state index in [4.69, 9.17) is 11.0 Å². The molecule has 1 saturated heterocycles. The van der Waals surface area contributed by atoms with Crippen LogP contribution in [-0.4, -0.2) is 29.6 Å². The molecule has 15 heavy (non-hydrogen) atoms. The highest BCUT2D eigenvalue weighted by molar-refractivity contribution is 5.11. The van der Waals surface area contributed by atoms with Crippen molar-refractivity contribution in [3.05, 3.63) is 0 Å². The third-order valence-electron chi connectivity index (χ3n) is 4.05. The summed E-state index contributed by atoms with van der Waals surface area (Å²) in [5, 5.41) is 8.98. The van der Waals surface area contributed by atoms with Gasteiger partial charge in [-0.05, 0) is 38.0 Å². The molecule has 2 N–H and O–H groups in total. The van der Waals surface area contributed by atoms with E-state index in [1.54, 1.807) is 0 Å². The Balaban J connectivity index is 1.89. The van der Waals surface area contributed by atoms with Crippen LogP contribution in [0.5, 0.6) is 0 Å². The van der Waals surface area contributed by atoms with Crippen LogP contribution in [0.15, 0.2) is 0 Å². The Kier molecular flexibility index (Phi) is 2.99. The summed E-state index contributed by atoms with van der Waals surface area (Å²) in [6.45, 7) is 4.13. The summed E-state index contributed by atoms with van der Waals surface area (Å²) < 4.78 is 0. The van der Waals surface area contributed by atoms with Gasteiger partial charge < -0.3 is 5.73 Å². The first-order chi connectivity index (χ1) is 7.13. The minimum Gasteiger partial charge on any atom is -0.312 e. The molecule has 1 unspecified atom stereocenters. The van der Waals surface area contributed by atoms with Crippen molar-refractivity contribution in [2.75, 3.05) is 13.1 Å². The van der Waals surface area contributed by atoms with E-state index in [-0.39, 0.29) is 0 Å². The van der Waals surface area contributed by atoms with Crippen LogP contribution in [0.3, 0.4) is 0 Å². The van der Waals surface area contributed by atoms with Crippen LogP contribution < -0.4 is 5.73 Å². The third kappa shape index (κ3) is 2.32. The summed E-state index contributed by atoms with van der Waals surface area (Å²) in [7, 11) is 0. The van der Waals surface area contributed by atoms with E-state index in [9.17, 15) is 0 Å². The van der Waals surface area contributed by atoms with Crippen molar-refractivity contribution >= 4 is 0 Å². The zero-order valence-electron chi connectivity index (χ0n) is 9.58. The second kappa shape index (κ2) is 4.11. The zero-order valence-corrected chi connectivity index (χ0v) is 9.58.